The molecule has 32 heavy (non-hydrogen) atoms. The van der Waals surface area contributed by atoms with Gasteiger partial charge in [-0.25, -0.2) is 13.6 Å². The number of nitrogens with zero attached hydrogens (tertiary/aromatic N) is 1. The third-order valence-electron chi connectivity index (χ3n) is 5.44. The van der Waals surface area contributed by atoms with E-state index >= 15 is 0 Å². The molecule has 0 radical (unpaired) electrons. The summed E-state index contributed by atoms with van der Waals surface area (Å²) in [7, 11) is 0. The lowest BCUT2D eigenvalue weighted by Crippen LogP contribution is -2.52. The summed E-state index contributed by atoms with van der Waals surface area (Å²) in [6.07, 6.45) is -2.17. The van der Waals surface area contributed by atoms with Crippen molar-refractivity contribution in [2.24, 2.45) is 0 Å². The van der Waals surface area contributed by atoms with Crippen LogP contribution in [0.2, 0.25) is 0 Å². The molecule has 1 saturated heterocycles. The molecule has 2 aromatic rings. The average Bonchev–Trinajstić information content (AvgIpc) is 3.08. The zero-order valence-electron chi connectivity index (χ0n) is 16.9. The molecular weight excluding hydrogens is 422 g/mol. The Hall–Kier alpha value is -3.82. The van der Waals surface area contributed by atoms with E-state index in [0.717, 1.165) is 5.56 Å². The predicted molar refractivity (Wildman–Crippen MR) is 110 cm³/mol. The fourth-order valence-corrected chi connectivity index (χ4v) is 3.82. The van der Waals surface area contributed by atoms with Crippen LogP contribution in [-0.2, 0) is 22.7 Å². The Labute approximate surface area is 182 Å². The van der Waals surface area contributed by atoms with Crippen molar-refractivity contribution in [3.05, 3.63) is 64.7 Å². The lowest BCUT2D eigenvalue weighted by Gasteiger charge is -2.29. The quantitative estimate of drug-likeness (QED) is 0.619. The van der Waals surface area contributed by atoms with Gasteiger partial charge in [-0.15, -0.1) is 0 Å². The second-order valence-corrected chi connectivity index (χ2v) is 7.63. The summed E-state index contributed by atoms with van der Waals surface area (Å²) in [4.78, 5) is 49.9. The molecule has 2 heterocycles. The van der Waals surface area contributed by atoms with Gasteiger partial charge < -0.3 is 15.5 Å². The second kappa shape index (κ2) is 8.74. The summed E-state index contributed by atoms with van der Waals surface area (Å²) in [6.45, 7) is 0.383. The molecule has 0 aromatic heterocycles. The molecule has 0 bridgehead atoms. The van der Waals surface area contributed by atoms with Crippen LogP contribution in [0, 0.1) is 0 Å². The van der Waals surface area contributed by atoms with E-state index in [2.05, 4.69) is 16.0 Å². The van der Waals surface area contributed by atoms with Crippen LogP contribution in [0.15, 0.2) is 42.5 Å². The number of halogens is 2. The maximum Gasteiger partial charge on any atom is 0.319 e. The van der Waals surface area contributed by atoms with E-state index in [1.807, 2.05) is 0 Å². The molecule has 0 saturated carbocycles. The predicted octanol–water partition coefficient (Wildman–Crippen LogP) is 2.71. The van der Waals surface area contributed by atoms with Crippen LogP contribution < -0.4 is 16.0 Å². The molecule has 2 aliphatic heterocycles. The molecule has 1 fully saturated rings. The summed E-state index contributed by atoms with van der Waals surface area (Å²) < 4.78 is 25.6. The Morgan fingerprint density at radius 3 is 2.72 bits per heavy atom. The molecule has 5 amide bonds. The van der Waals surface area contributed by atoms with Crippen molar-refractivity contribution < 1.29 is 28.0 Å². The van der Waals surface area contributed by atoms with E-state index in [4.69, 9.17) is 0 Å². The van der Waals surface area contributed by atoms with E-state index in [0.29, 0.717) is 11.1 Å². The molecular formula is C22H20F2N4O4. The second-order valence-electron chi connectivity index (χ2n) is 7.63. The monoisotopic (exact) mass is 442 g/mol. The van der Waals surface area contributed by atoms with Crippen molar-refractivity contribution in [2.45, 2.75) is 38.4 Å². The van der Waals surface area contributed by atoms with Crippen LogP contribution in [-0.4, -0.2) is 34.7 Å². The van der Waals surface area contributed by atoms with Gasteiger partial charge in [-0.3, -0.25) is 19.7 Å². The van der Waals surface area contributed by atoms with Gasteiger partial charge in [0.2, 0.25) is 11.8 Å². The summed E-state index contributed by atoms with van der Waals surface area (Å²) in [5.41, 5.74) is 1.92. The van der Waals surface area contributed by atoms with Gasteiger partial charge in [0.1, 0.15) is 6.04 Å². The van der Waals surface area contributed by atoms with Crippen molar-refractivity contribution in [3.63, 3.8) is 0 Å². The Bertz CT molecular complexity index is 1110. The first-order chi connectivity index (χ1) is 15.3. The molecule has 8 nitrogen and oxygen atoms in total. The van der Waals surface area contributed by atoms with Crippen molar-refractivity contribution in [1.29, 1.82) is 0 Å². The van der Waals surface area contributed by atoms with Crippen LogP contribution in [0.1, 0.15) is 46.3 Å². The van der Waals surface area contributed by atoms with Crippen LogP contribution >= 0.6 is 0 Å². The van der Waals surface area contributed by atoms with E-state index in [9.17, 15) is 28.0 Å². The van der Waals surface area contributed by atoms with Crippen molar-refractivity contribution in [3.8, 4) is 0 Å². The van der Waals surface area contributed by atoms with E-state index < -0.39 is 24.4 Å². The van der Waals surface area contributed by atoms with Crippen LogP contribution in [0.4, 0.5) is 19.3 Å². The number of piperidine rings is 1. The first-order valence-corrected chi connectivity index (χ1v) is 10.0. The highest BCUT2D eigenvalue weighted by molar-refractivity contribution is 6.05. The number of rotatable bonds is 5. The summed E-state index contributed by atoms with van der Waals surface area (Å²) in [6, 6.07) is 9.31. The van der Waals surface area contributed by atoms with Gasteiger partial charge in [-0.1, -0.05) is 24.3 Å². The minimum Gasteiger partial charge on any atom is -0.334 e. The highest BCUT2D eigenvalue weighted by Crippen LogP contribution is 2.28. The zero-order valence-corrected chi connectivity index (χ0v) is 16.9. The van der Waals surface area contributed by atoms with E-state index in [-0.39, 0.29) is 49.0 Å². The molecule has 2 aliphatic rings. The smallest absolute Gasteiger partial charge is 0.319 e. The third-order valence-corrected chi connectivity index (χ3v) is 5.44. The fourth-order valence-electron chi connectivity index (χ4n) is 3.82. The van der Waals surface area contributed by atoms with Crippen LogP contribution in [0.25, 0.3) is 0 Å². The number of anilines is 1. The molecule has 0 spiro atoms. The Balaban J connectivity index is 1.37. The number of amides is 5. The molecule has 1 atom stereocenters. The number of hydrogen-bond donors (Lipinski definition) is 3. The molecule has 166 valence electrons. The highest BCUT2D eigenvalue weighted by Gasteiger charge is 2.39. The number of carbonyl (C=O) groups is 4. The largest absolute Gasteiger partial charge is 0.334 e. The minimum absolute atomic E-state index is 0.110. The molecule has 10 heteroatoms. The lowest BCUT2D eigenvalue weighted by molar-refractivity contribution is -0.136. The number of fused-ring (bicyclic) bond motifs is 1. The number of alkyl halides is 2. The van der Waals surface area contributed by atoms with Gasteiger partial charge >= 0.3 is 6.03 Å². The normalized spacial score (nSPS) is 17.9. The number of nitrogens with one attached hydrogen (secondary N) is 3. The maximum atomic E-state index is 12.8. The molecule has 3 N–H and O–H groups in total. The van der Waals surface area contributed by atoms with Crippen LogP contribution in [0.5, 0.6) is 0 Å². The highest BCUT2D eigenvalue weighted by atomic mass is 19.3. The van der Waals surface area contributed by atoms with Gasteiger partial charge in [0.05, 0.1) is 0 Å². The summed E-state index contributed by atoms with van der Waals surface area (Å²) >= 11 is 0. The Morgan fingerprint density at radius 2 is 1.97 bits per heavy atom. The van der Waals surface area contributed by atoms with Crippen molar-refractivity contribution in [1.82, 2.24) is 15.5 Å². The number of hydrogen-bond acceptors (Lipinski definition) is 4. The molecule has 1 unspecified atom stereocenters. The van der Waals surface area contributed by atoms with E-state index in [1.54, 1.807) is 18.2 Å². The molecule has 0 aliphatic carbocycles. The van der Waals surface area contributed by atoms with Gasteiger partial charge in [0.15, 0.2) is 0 Å². The summed E-state index contributed by atoms with van der Waals surface area (Å²) in [5.74, 6) is -1.12. The number of benzene rings is 2. The standard InChI is InChI=1S/C22H20F2N4O4/c23-19(24)13-2-1-3-15(9-13)26-22(32)25-10-12-4-5-14-11-28(21(31)16(14)8-12)17-6-7-18(29)27-20(17)30/h1-5,8-9,17,19H,6-7,10-11H2,(H2,25,26,32)(H,27,29,30). The number of urea groups is 1. The first kappa shape index (κ1) is 21.4. The molecule has 4 rings (SSSR count). The maximum absolute atomic E-state index is 12.8. The van der Waals surface area contributed by atoms with Gasteiger partial charge in [-0.2, -0.15) is 0 Å². The lowest BCUT2D eigenvalue weighted by atomic mass is 10.0. The first-order valence-electron chi connectivity index (χ1n) is 10.0. The van der Waals surface area contributed by atoms with Gasteiger partial charge in [0, 0.05) is 36.3 Å². The number of carbonyl (C=O) groups excluding carboxylic acids is 4. The Kier molecular flexibility index (Phi) is 5.85. The third kappa shape index (κ3) is 4.43. The van der Waals surface area contributed by atoms with Crippen molar-refractivity contribution >= 4 is 29.4 Å². The zero-order chi connectivity index (χ0) is 22.8. The minimum atomic E-state index is -2.64. The van der Waals surface area contributed by atoms with Crippen LogP contribution in [0.3, 0.4) is 0 Å². The van der Waals surface area contributed by atoms with Gasteiger partial charge in [0.25, 0.3) is 12.3 Å². The number of imide groups is 1. The van der Waals surface area contributed by atoms with Gasteiger partial charge in [-0.05, 0) is 35.7 Å². The Morgan fingerprint density at radius 1 is 1.16 bits per heavy atom. The molecule has 2 aromatic carbocycles. The van der Waals surface area contributed by atoms with E-state index in [1.165, 1.54) is 29.2 Å². The fraction of sp³-hybridized carbons (Fsp3) is 0.273. The average molecular weight is 442 g/mol. The SMILES string of the molecule is O=C1CCC(N2Cc3ccc(CNC(=O)Nc4cccc(C(F)F)c4)cc3C2=O)C(=O)N1. The summed E-state index contributed by atoms with van der Waals surface area (Å²) in [5, 5.41) is 7.38. The van der Waals surface area contributed by atoms with Crippen molar-refractivity contribution in [2.75, 3.05) is 5.32 Å². The topological polar surface area (TPSA) is 108 Å².